The molecule has 0 unspecified atom stereocenters. The summed E-state index contributed by atoms with van der Waals surface area (Å²) in [5, 5.41) is 12.9. The van der Waals surface area contributed by atoms with Crippen LogP contribution in [0.4, 0.5) is 14.5 Å². The molecule has 3 aromatic carbocycles. The highest BCUT2D eigenvalue weighted by atomic mass is 19.3. The largest absolute Gasteiger partial charge is 0.435 e. The Labute approximate surface area is 164 Å². The average Bonchev–Trinajstić information content (AvgIpc) is 3.09. The van der Waals surface area contributed by atoms with E-state index in [1.165, 1.54) is 16.8 Å². The van der Waals surface area contributed by atoms with Crippen molar-refractivity contribution in [2.75, 3.05) is 5.32 Å². The lowest BCUT2D eigenvalue weighted by atomic mass is 10.1. The Balaban J connectivity index is 1.54. The number of hydrogen-bond acceptors (Lipinski definition) is 4. The molecule has 6 nitrogen and oxygen atoms in total. The summed E-state index contributed by atoms with van der Waals surface area (Å²) in [6.45, 7) is -1.18. The standard InChI is InChI=1S/C21H16F2N4O2/c1-13-19(20(28)24-16-7-6-14-4-2-3-5-15(14)12-16)25-26-27(13)17-8-10-18(11-9-17)29-21(22)23/h2-12,21H,1H3,(H,24,28). The predicted molar refractivity (Wildman–Crippen MR) is 105 cm³/mol. The van der Waals surface area contributed by atoms with Crippen molar-refractivity contribution >= 4 is 22.4 Å². The van der Waals surface area contributed by atoms with Gasteiger partial charge in [-0.05, 0) is 54.1 Å². The fourth-order valence-electron chi connectivity index (χ4n) is 3.01. The van der Waals surface area contributed by atoms with Gasteiger partial charge < -0.3 is 10.1 Å². The normalized spacial score (nSPS) is 11.0. The first kappa shape index (κ1) is 18.5. The molecule has 0 bridgehead atoms. The Morgan fingerprint density at radius 2 is 1.76 bits per heavy atom. The highest BCUT2D eigenvalue weighted by Crippen LogP contribution is 2.21. The van der Waals surface area contributed by atoms with Crippen molar-refractivity contribution in [1.82, 2.24) is 15.0 Å². The summed E-state index contributed by atoms with van der Waals surface area (Å²) in [7, 11) is 0. The molecule has 1 heterocycles. The quantitative estimate of drug-likeness (QED) is 0.538. The van der Waals surface area contributed by atoms with E-state index in [0.29, 0.717) is 17.1 Å². The fraction of sp³-hybridized carbons (Fsp3) is 0.0952. The molecule has 0 fully saturated rings. The summed E-state index contributed by atoms with van der Waals surface area (Å²) in [6.07, 6.45) is 0. The van der Waals surface area contributed by atoms with E-state index in [1.807, 2.05) is 42.5 Å². The molecule has 0 spiro atoms. The van der Waals surface area contributed by atoms with Crippen molar-refractivity contribution in [2.45, 2.75) is 13.5 Å². The Kier molecular flexibility index (Phi) is 4.90. The molecular formula is C21H16F2N4O2. The number of aromatic nitrogens is 3. The number of carbonyl (C=O) groups is 1. The maximum Gasteiger partial charge on any atom is 0.387 e. The number of ether oxygens (including phenoxy) is 1. The summed E-state index contributed by atoms with van der Waals surface area (Å²) in [5.41, 5.74) is 1.91. The molecule has 0 aliphatic rings. The first-order chi connectivity index (χ1) is 14.0. The molecule has 4 rings (SSSR count). The zero-order valence-corrected chi connectivity index (χ0v) is 15.3. The van der Waals surface area contributed by atoms with E-state index in [-0.39, 0.29) is 17.4 Å². The number of halogens is 2. The lowest BCUT2D eigenvalue weighted by molar-refractivity contribution is -0.0498. The number of anilines is 1. The second-order valence-corrected chi connectivity index (χ2v) is 6.32. The molecule has 4 aromatic rings. The van der Waals surface area contributed by atoms with Crippen LogP contribution in [0.3, 0.4) is 0 Å². The highest BCUT2D eigenvalue weighted by Gasteiger charge is 2.18. The number of hydrogen-bond donors (Lipinski definition) is 1. The second-order valence-electron chi connectivity index (χ2n) is 6.32. The van der Waals surface area contributed by atoms with Crippen LogP contribution in [0, 0.1) is 6.92 Å². The van der Waals surface area contributed by atoms with Gasteiger partial charge in [0.2, 0.25) is 0 Å². The number of nitrogens with one attached hydrogen (secondary N) is 1. The van der Waals surface area contributed by atoms with Crippen LogP contribution in [0.15, 0.2) is 66.7 Å². The Morgan fingerprint density at radius 1 is 1.03 bits per heavy atom. The van der Waals surface area contributed by atoms with E-state index in [1.54, 1.807) is 19.1 Å². The van der Waals surface area contributed by atoms with Gasteiger partial charge in [0, 0.05) is 5.69 Å². The number of nitrogens with zero attached hydrogens (tertiary/aromatic N) is 3. The van der Waals surface area contributed by atoms with Gasteiger partial charge in [0.15, 0.2) is 5.69 Å². The molecule has 146 valence electrons. The van der Waals surface area contributed by atoms with Crippen molar-refractivity contribution in [3.8, 4) is 11.4 Å². The van der Waals surface area contributed by atoms with Crippen LogP contribution < -0.4 is 10.1 Å². The molecule has 0 saturated carbocycles. The van der Waals surface area contributed by atoms with Gasteiger partial charge in [-0.25, -0.2) is 4.68 Å². The van der Waals surface area contributed by atoms with Crippen molar-refractivity contribution in [1.29, 1.82) is 0 Å². The zero-order chi connectivity index (χ0) is 20.4. The highest BCUT2D eigenvalue weighted by molar-refractivity contribution is 6.04. The third-order valence-corrected chi connectivity index (χ3v) is 4.42. The fourth-order valence-corrected chi connectivity index (χ4v) is 3.01. The smallest absolute Gasteiger partial charge is 0.387 e. The molecule has 0 saturated heterocycles. The minimum Gasteiger partial charge on any atom is -0.435 e. The van der Waals surface area contributed by atoms with Crippen molar-refractivity contribution in [2.24, 2.45) is 0 Å². The molecule has 0 aliphatic carbocycles. The van der Waals surface area contributed by atoms with Gasteiger partial charge >= 0.3 is 6.61 Å². The number of carbonyl (C=O) groups excluding carboxylic acids is 1. The first-order valence-corrected chi connectivity index (χ1v) is 8.79. The van der Waals surface area contributed by atoms with E-state index in [0.717, 1.165) is 10.8 Å². The minimum absolute atomic E-state index is 0.0378. The Bertz CT molecular complexity index is 1170. The Hall–Kier alpha value is -3.81. The van der Waals surface area contributed by atoms with Gasteiger partial charge in [0.25, 0.3) is 5.91 Å². The van der Waals surface area contributed by atoms with Gasteiger partial charge in [-0.2, -0.15) is 8.78 Å². The van der Waals surface area contributed by atoms with Crippen molar-refractivity contribution < 1.29 is 18.3 Å². The molecule has 1 amide bonds. The average molecular weight is 394 g/mol. The molecule has 0 radical (unpaired) electrons. The molecule has 8 heteroatoms. The van der Waals surface area contributed by atoms with Crippen LogP contribution in [-0.4, -0.2) is 27.5 Å². The molecular weight excluding hydrogens is 378 g/mol. The Morgan fingerprint density at radius 3 is 2.48 bits per heavy atom. The second kappa shape index (κ2) is 7.67. The predicted octanol–water partition coefficient (Wildman–Crippen LogP) is 4.58. The number of alkyl halides is 2. The maximum absolute atomic E-state index is 12.7. The minimum atomic E-state index is -2.89. The van der Waals surface area contributed by atoms with Gasteiger partial charge in [-0.1, -0.05) is 35.5 Å². The third-order valence-electron chi connectivity index (χ3n) is 4.42. The van der Waals surface area contributed by atoms with E-state index in [2.05, 4.69) is 20.4 Å². The third kappa shape index (κ3) is 3.91. The van der Waals surface area contributed by atoms with Crippen molar-refractivity contribution in [3.63, 3.8) is 0 Å². The number of benzene rings is 3. The summed E-state index contributed by atoms with van der Waals surface area (Å²) in [5.74, 6) is -0.350. The first-order valence-electron chi connectivity index (χ1n) is 8.79. The molecule has 0 aliphatic heterocycles. The number of rotatable bonds is 5. The van der Waals surface area contributed by atoms with Crippen LogP contribution in [0.2, 0.25) is 0 Å². The summed E-state index contributed by atoms with van der Waals surface area (Å²) in [4.78, 5) is 12.7. The van der Waals surface area contributed by atoms with E-state index >= 15 is 0 Å². The van der Waals surface area contributed by atoms with Crippen LogP contribution >= 0.6 is 0 Å². The van der Waals surface area contributed by atoms with Crippen LogP contribution in [0.1, 0.15) is 16.2 Å². The van der Waals surface area contributed by atoms with Crippen molar-refractivity contribution in [3.05, 3.63) is 78.1 Å². The van der Waals surface area contributed by atoms with Crippen LogP contribution in [0.5, 0.6) is 5.75 Å². The lowest BCUT2D eigenvalue weighted by Crippen LogP contribution is -2.14. The van der Waals surface area contributed by atoms with Gasteiger partial charge in [-0.3, -0.25) is 4.79 Å². The summed E-state index contributed by atoms with van der Waals surface area (Å²) >= 11 is 0. The van der Waals surface area contributed by atoms with Gasteiger partial charge in [0.1, 0.15) is 5.75 Å². The van der Waals surface area contributed by atoms with E-state index < -0.39 is 6.61 Å². The topological polar surface area (TPSA) is 69.0 Å². The summed E-state index contributed by atoms with van der Waals surface area (Å²) in [6, 6.07) is 19.4. The zero-order valence-electron chi connectivity index (χ0n) is 15.3. The van der Waals surface area contributed by atoms with E-state index in [4.69, 9.17) is 0 Å². The molecule has 29 heavy (non-hydrogen) atoms. The molecule has 1 N–H and O–H groups in total. The SMILES string of the molecule is Cc1c(C(=O)Nc2ccc3ccccc3c2)nnn1-c1ccc(OC(F)F)cc1. The number of fused-ring (bicyclic) bond motifs is 1. The number of amides is 1. The van der Waals surface area contributed by atoms with Crippen LogP contribution in [-0.2, 0) is 0 Å². The van der Waals surface area contributed by atoms with Gasteiger partial charge in [0.05, 0.1) is 11.4 Å². The van der Waals surface area contributed by atoms with Gasteiger partial charge in [-0.15, -0.1) is 5.10 Å². The molecule has 0 atom stereocenters. The summed E-state index contributed by atoms with van der Waals surface area (Å²) < 4.78 is 30.3. The molecule has 1 aromatic heterocycles. The monoisotopic (exact) mass is 394 g/mol. The lowest BCUT2D eigenvalue weighted by Gasteiger charge is -2.07. The maximum atomic E-state index is 12.7. The van der Waals surface area contributed by atoms with Crippen LogP contribution in [0.25, 0.3) is 16.5 Å². The van der Waals surface area contributed by atoms with E-state index in [9.17, 15) is 13.6 Å².